The van der Waals surface area contributed by atoms with Crippen molar-refractivity contribution < 1.29 is 14.3 Å². The number of esters is 1. The molecule has 0 spiro atoms. The molecule has 0 aromatic heterocycles. The smallest absolute Gasteiger partial charge is 0.334 e. The summed E-state index contributed by atoms with van der Waals surface area (Å²) < 4.78 is 5.35. The molecule has 0 saturated heterocycles. The van der Waals surface area contributed by atoms with Gasteiger partial charge in [0.2, 0.25) is 0 Å². The number of ketones is 1. The fourth-order valence-electron chi connectivity index (χ4n) is 4.39. The van der Waals surface area contributed by atoms with Crippen molar-refractivity contribution in [3.8, 4) is 0 Å². The summed E-state index contributed by atoms with van der Waals surface area (Å²) in [5, 5.41) is 0. The summed E-state index contributed by atoms with van der Waals surface area (Å²) >= 11 is 0. The Morgan fingerprint density at radius 1 is 1.26 bits per heavy atom. The van der Waals surface area contributed by atoms with Crippen molar-refractivity contribution in [2.45, 2.75) is 46.0 Å². The largest absolute Gasteiger partial charge is 0.462 e. The number of rotatable bonds is 4. The molecule has 19 heavy (non-hydrogen) atoms. The summed E-state index contributed by atoms with van der Waals surface area (Å²) in [5.74, 6) is 1.36. The Balaban J connectivity index is 1.80. The van der Waals surface area contributed by atoms with Crippen LogP contribution in [0.4, 0.5) is 0 Å². The average Bonchev–Trinajstić information content (AvgIpc) is 3.04. The zero-order valence-electron chi connectivity index (χ0n) is 11.8. The van der Waals surface area contributed by atoms with E-state index in [2.05, 4.69) is 6.92 Å². The van der Waals surface area contributed by atoms with Gasteiger partial charge in [0, 0.05) is 23.0 Å². The molecule has 2 saturated carbocycles. The number of ether oxygens (including phenoxy) is 1. The summed E-state index contributed by atoms with van der Waals surface area (Å²) in [5.41, 5.74) is 1.41. The van der Waals surface area contributed by atoms with E-state index in [9.17, 15) is 9.59 Å². The summed E-state index contributed by atoms with van der Waals surface area (Å²) in [6.07, 6.45) is 5.40. The minimum Gasteiger partial charge on any atom is -0.462 e. The van der Waals surface area contributed by atoms with Crippen molar-refractivity contribution in [3.05, 3.63) is 11.1 Å². The zero-order chi connectivity index (χ0) is 13.6. The van der Waals surface area contributed by atoms with Crippen LogP contribution in [-0.2, 0) is 14.3 Å². The molecule has 0 N–H and O–H groups in total. The molecule has 2 bridgehead atoms. The Labute approximate surface area is 114 Å². The third-order valence-corrected chi connectivity index (χ3v) is 5.28. The van der Waals surface area contributed by atoms with Crippen LogP contribution >= 0.6 is 0 Å². The maximum absolute atomic E-state index is 12.4. The first-order valence-corrected chi connectivity index (χ1v) is 7.57. The monoisotopic (exact) mass is 262 g/mol. The molecule has 3 aliphatic rings. The molecule has 0 heterocycles. The molecule has 104 valence electrons. The maximum atomic E-state index is 12.4. The van der Waals surface area contributed by atoms with Gasteiger partial charge in [0.15, 0.2) is 5.78 Å². The second-order valence-electron chi connectivity index (χ2n) is 6.28. The summed E-state index contributed by atoms with van der Waals surface area (Å²) in [7, 11) is 0. The number of allylic oxidation sites excluding steroid dienone is 1. The predicted molar refractivity (Wildman–Crippen MR) is 71.4 cm³/mol. The molecule has 3 nitrogen and oxygen atoms in total. The van der Waals surface area contributed by atoms with Gasteiger partial charge in [-0.3, -0.25) is 4.79 Å². The van der Waals surface area contributed by atoms with Gasteiger partial charge in [-0.25, -0.2) is 4.79 Å². The lowest BCUT2D eigenvalue weighted by atomic mass is 9.78. The van der Waals surface area contributed by atoms with E-state index in [1.807, 2.05) is 6.92 Å². The number of Topliss-reactive ketones (excluding diaryl/α,β-unsaturated/α-hetero) is 1. The van der Waals surface area contributed by atoms with Crippen LogP contribution in [0.15, 0.2) is 11.1 Å². The highest BCUT2D eigenvalue weighted by Gasteiger charge is 2.57. The van der Waals surface area contributed by atoms with Crippen LogP contribution in [0, 0.1) is 23.7 Å². The van der Waals surface area contributed by atoms with Crippen LogP contribution in [0.3, 0.4) is 0 Å². The van der Waals surface area contributed by atoms with Crippen LogP contribution < -0.4 is 0 Å². The van der Waals surface area contributed by atoms with E-state index in [4.69, 9.17) is 4.74 Å². The molecule has 3 aliphatic carbocycles. The SMILES string of the molecule is CCCCOC(=O)C1=C(C)C(=O)[C@@H]2[C@H]3CC[C@H](C3)[C@H]12. The van der Waals surface area contributed by atoms with E-state index in [0.29, 0.717) is 24.0 Å². The fraction of sp³-hybridized carbons (Fsp3) is 0.750. The number of carbonyl (C=O) groups excluding carboxylic acids is 2. The molecular weight excluding hydrogens is 240 g/mol. The molecule has 0 aromatic carbocycles. The average molecular weight is 262 g/mol. The van der Waals surface area contributed by atoms with E-state index >= 15 is 0 Å². The van der Waals surface area contributed by atoms with Crippen LogP contribution in [0.2, 0.25) is 0 Å². The molecule has 3 rings (SSSR count). The van der Waals surface area contributed by atoms with Crippen LogP contribution in [0.1, 0.15) is 46.0 Å². The van der Waals surface area contributed by atoms with Crippen molar-refractivity contribution >= 4 is 11.8 Å². The van der Waals surface area contributed by atoms with Gasteiger partial charge in [-0.2, -0.15) is 0 Å². The Morgan fingerprint density at radius 2 is 1.95 bits per heavy atom. The highest BCUT2D eigenvalue weighted by Crippen LogP contribution is 2.59. The number of hydrogen-bond acceptors (Lipinski definition) is 3. The molecule has 0 aromatic rings. The van der Waals surface area contributed by atoms with Gasteiger partial charge in [-0.15, -0.1) is 0 Å². The second-order valence-corrected chi connectivity index (χ2v) is 6.28. The second kappa shape index (κ2) is 4.77. The summed E-state index contributed by atoms with van der Waals surface area (Å²) in [4.78, 5) is 24.6. The lowest BCUT2D eigenvalue weighted by molar-refractivity contribution is -0.140. The van der Waals surface area contributed by atoms with E-state index < -0.39 is 0 Å². The molecule has 2 fully saturated rings. The summed E-state index contributed by atoms with van der Waals surface area (Å²) in [6, 6.07) is 0. The Kier molecular flexibility index (Phi) is 3.23. The molecule has 4 atom stereocenters. The standard InChI is InChI=1S/C16H22O3/c1-3-4-7-19-16(18)12-9(2)15(17)14-11-6-5-10(8-11)13(12)14/h10-11,13-14H,3-8H2,1-2H3/t10-,11+,13-,14-/m1/s1. The molecule has 3 heteroatoms. The van der Waals surface area contributed by atoms with Crippen molar-refractivity contribution in [2.24, 2.45) is 23.7 Å². The molecular formula is C16H22O3. The van der Waals surface area contributed by atoms with Crippen molar-refractivity contribution in [3.63, 3.8) is 0 Å². The predicted octanol–water partition coefficient (Wildman–Crippen LogP) is 2.89. The van der Waals surface area contributed by atoms with Crippen LogP contribution in [-0.4, -0.2) is 18.4 Å². The van der Waals surface area contributed by atoms with Gasteiger partial charge in [0.25, 0.3) is 0 Å². The zero-order valence-corrected chi connectivity index (χ0v) is 11.8. The normalized spacial score (nSPS) is 36.0. The van der Waals surface area contributed by atoms with Crippen molar-refractivity contribution in [2.75, 3.05) is 6.61 Å². The minimum absolute atomic E-state index is 0.104. The first kappa shape index (κ1) is 12.9. The lowest BCUT2D eigenvalue weighted by Crippen LogP contribution is -2.26. The third-order valence-electron chi connectivity index (χ3n) is 5.28. The third kappa shape index (κ3) is 1.86. The van der Waals surface area contributed by atoms with Gasteiger partial charge in [-0.05, 0) is 44.4 Å². The maximum Gasteiger partial charge on any atom is 0.334 e. The van der Waals surface area contributed by atoms with Gasteiger partial charge in [0.05, 0.1) is 6.61 Å². The topological polar surface area (TPSA) is 43.4 Å². The number of hydrogen-bond donors (Lipinski definition) is 0. The van der Waals surface area contributed by atoms with Gasteiger partial charge >= 0.3 is 5.97 Å². The first-order valence-electron chi connectivity index (χ1n) is 7.57. The van der Waals surface area contributed by atoms with Crippen LogP contribution in [0.5, 0.6) is 0 Å². The molecule has 0 radical (unpaired) electrons. The Morgan fingerprint density at radius 3 is 2.63 bits per heavy atom. The quantitative estimate of drug-likeness (QED) is 0.578. The fourth-order valence-corrected chi connectivity index (χ4v) is 4.39. The highest BCUT2D eigenvalue weighted by atomic mass is 16.5. The van der Waals surface area contributed by atoms with E-state index in [0.717, 1.165) is 24.8 Å². The van der Waals surface area contributed by atoms with Crippen molar-refractivity contribution in [1.29, 1.82) is 0 Å². The van der Waals surface area contributed by atoms with Crippen LogP contribution in [0.25, 0.3) is 0 Å². The summed E-state index contributed by atoms with van der Waals surface area (Å²) in [6.45, 7) is 4.37. The highest BCUT2D eigenvalue weighted by molar-refractivity contribution is 6.09. The van der Waals surface area contributed by atoms with E-state index in [1.54, 1.807) is 0 Å². The van der Waals surface area contributed by atoms with E-state index in [1.165, 1.54) is 12.8 Å². The van der Waals surface area contributed by atoms with Crippen molar-refractivity contribution in [1.82, 2.24) is 0 Å². The number of fused-ring (bicyclic) bond motifs is 5. The molecule has 0 aliphatic heterocycles. The number of unbranched alkanes of at least 4 members (excludes halogenated alkanes) is 1. The van der Waals surface area contributed by atoms with E-state index in [-0.39, 0.29) is 23.6 Å². The Hall–Kier alpha value is -1.12. The lowest BCUT2D eigenvalue weighted by Gasteiger charge is -2.25. The molecule has 0 unspecified atom stereocenters. The minimum atomic E-state index is -0.223. The van der Waals surface area contributed by atoms with Gasteiger partial charge in [0.1, 0.15) is 0 Å². The number of carbonyl (C=O) groups is 2. The first-order chi connectivity index (χ1) is 9.15. The Bertz CT molecular complexity index is 449. The molecule has 0 amide bonds. The van der Waals surface area contributed by atoms with Gasteiger partial charge < -0.3 is 4.74 Å². The van der Waals surface area contributed by atoms with Gasteiger partial charge in [-0.1, -0.05) is 13.3 Å².